The van der Waals surface area contributed by atoms with Crippen LogP contribution < -0.4 is 5.32 Å². The van der Waals surface area contributed by atoms with Gasteiger partial charge in [-0.3, -0.25) is 4.57 Å². The van der Waals surface area contributed by atoms with Gasteiger partial charge >= 0.3 is 12.2 Å². The summed E-state index contributed by atoms with van der Waals surface area (Å²) < 4.78 is 11.2. The topological polar surface area (TPSA) is 69.6 Å². The molecular formula is C13H19ClN2O4. The maximum absolute atomic E-state index is 11.7. The van der Waals surface area contributed by atoms with Gasteiger partial charge < -0.3 is 14.8 Å². The number of amides is 1. The average molecular weight is 303 g/mol. The third kappa shape index (κ3) is 5.52. The molecule has 6 nitrogen and oxygen atoms in total. The number of carbonyl (C=O) groups excluding carboxylic acids is 2. The van der Waals surface area contributed by atoms with Gasteiger partial charge in [0.1, 0.15) is 5.60 Å². The molecule has 7 heteroatoms. The van der Waals surface area contributed by atoms with Crippen molar-refractivity contribution in [3.05, 3.63) is 24.0 Å². The minimum absolute atomic E-state index is 0.147. The Balaban J connectivity index is 2.60. The number of carbonyl (C=O) groups is 2. The number of halogens is 1. The Morgan fingerprint density at radius 1 is 1.45 bits per heavy atom. The monoisotopic (exact) mass is 302 g/mol. The second-order valence-corrected chi connectivity index (χ2v) is 5.77. The van der Waals surface area contributed by atoms with Crippen molar-refractivity contribution in [2.75, 3.05) is 0 Å². The molecule has 0 fully saturated rings. The molecule has 1 N–H and O–H groups in total. The van der Waals surface area contributed by atoms with E-state index in [0.29, 0.717) is 5.69 Å². The van der Waals surface area contributed by atoms with Crippen molar-refractivity contribution in [1.82, 2.24) is 9.88 Å². The van der Waals surface area contributed by atoms with Crippen LogP contribution in [0.3, 0.4) is 0 Å². The van der Waals surface area contributed by atoms with Crippen molar-refractivity contribution < 1.29 is 19.1 Å². The molecule has 0 saturated heterocycles. The molecule has 1 aromatic heterocycles. The van der Waals surface area contributed by atoms with Gasteiger partial charge in [0.2, 0.25) is 0 Å². The van der Waals surface area contributed by atoms with Gasteiger partial charge in [-0.2, -0.15) is 0 Å². The Labute approximate surface area is 123 Å². The van der Waals surface area contributed by atoms with Crippen molar-refractivity contribution in [2.24, 2.45) is 0 Å². The molecule has 1 heterocycles. The summed E-state index contributed by atoms with van der Waals surface area (Å²) in [5.74, 6) is 0. The molecule has 0 aliphatic heterocycles. The minimum atomic E-state index is -0.725. The van der Waals surface area contributed by atoms with Crippen LogP contribution in [0.2, 0.25) is 0 Å². The predicted octanol–water partition coefficient (Wildman–Crippen LogP) is 3.08. The zero-order chi connectivity index (χ0) is 15.3. The van der Waals surface area contributed by atoms with E-state index in [1.54, 1.807) is 39.8 Å². The van der Waals surface area contributed by atoms with Crippen LogP contribution in [0.25, 0.3) is 0 Å². The normalized spacial score (nSPS) is 12.7. The first kappa shape index (κ1) is 16.4. The highest BCUT2D eigenvalue weighted by Gasteiger charge is 2.17. The first-order chi connectivity index (χ1) is 9.19. The Kier molecular flexibility index (Phi) is 5.44. The molecule has 112 valence electrons. The lowest BCUT2D eigenvalue weighted by molar-refractivity contribution is 0.0521. The number of alkyl carbamates (subject to hydrolysis) is 1. The minimum Gasteiger partial charge on any atom is -0.444 e. The number of aromatic nitrogens is 1. The van der Waals surface area contributed by atoms with E-state index in [4.69, 9.17) is 21.1 Å². The molecule has 0 spiro atoms. The van der Waals surface area contributed by atoms with Crippen molar-refractivity contribution >= 4 is 23.8 Å². The molecule has 0 saturated carbocycles. The van der Waals surface area contributed by atoms with E-state index in [2.05, 4.69) is 5.32 Å². The first-order valence-corrected chi connectivity index (χ1v) is 6.61. The van der Waals surface area contributed by atoms with Crippen molar-refractivity contribution in [3.8, 4) is 0 Å². The molecular weight excluding hydrogens is 284 g/mol. The zero-order valence-corrected chi connectivity index (χ0v) is 12.7. The Morgan fingerprint density at radius 3 is 2.65 bits per heavy atom. The molecule has 1 unspecified atom stereocenters. The number of rotatable bonds is 3. The van der Waals surface area contributed by atoms with Crippen LogP contribution >= 0.6 is 11.6 Å². The molecule has 1 amide bonds. The fraction of sp³-hybridized carbons (Fsp3) is 0.538. The number of nitrogens with zero attached hydrogens (tertiary/aromatic N) is 1. The number of ether oxygens (including phenoxy) is 2. The van der Waals surface area contributed by atoms with Crippen LogP contribution in [-0.4, -0.2) is 27.9 Å². The van der Waals surface area contributed by atoms with Gasteiger partial charge in [0.25, 0.3) is 0 Å². The second-order valence-electron chi connectivity index (χ2n) is 5.15. The quantitative estimate of drug-likeness (QED) is 0.871. The van der Waals surface area contributed by atoms with Gasteiger partial charge in [-0.15, -0.1) is 0 Å². The number of alkyl halides is 1. The highest BCUT2D eigenvalue weighted by molar-refractivity contribution is 6.19. The fourth-order valence-corrected chi connectivity index (χ4v) is 1.49. The number of hydrogen-bond acceptors (Lipinski definition) is 4. The van der Waals surface area contributed by atoms with Crippen LogP contribution in [0.15, 0.2) is 18.3 Å². The predicted molar refractivity (Wildman–Crippen MR) is 74.7 cm³/mol. The second kappa shape index (κ2) is 6.65. The summed E-state index contributed by atoms with van der Waals surface area (Å²) in [5, 5.41) is 2.57. The molecule has 0 bridgehead atoms. The average Bonchev–Trinajstić information content (AvgIpc) is 2.70. The summed E-state index contributed by atoms with van der Waals surface area (Å²) >= 11 is 5.60. The van der Waals surface area contributed by atoms with Crippen molar-refractivity contribution in [2.45, 2.75) is 45.4 Å². The molecule has 0 aliphatic rings. The SMILES string of the molecule is CC(Cl)OC(=O)n1cccc1CNC(=O)OC(C)(C)C. The third-order valence-electron chi connectivity index (χ3n) is 2.11. The fourth-order valence-electron chi connectivity index (χ4n) is 1.41. The molecule has 1 rings (SSSR count). The van der Waals surface area contributed by atoms with Crippen LogP contribution in [-0.2, 0) is 16.0 Å². The number of hydrogen-bond donors (Lipinski definition) is 1. The molecule has 1 atom stereocenters. The third-order valence-corrected chi connectivity index (χ3v) is 2.19. The number of nitrogens with one attached hydrogen (secondary N) is 1. The summed E-state index contributed by atoms with van der Waals surface area (Å²) in [5.41, 5.74) is -0.728. The Bertz CT molecular complexity index is 477. The maximum atomic E-state index is 11.7. The van der Waals surface area contributed by atoms with Gasteiger partial charge in [0, 0.05) is 11.9 Å². The van der Waals surface area contributed by atoms with E-state index >= 15 is 0 Å². The Morgan fingerprint density at radius 2 is 2.10 bits per heavy atom. The van der Waals surface area contributed by atoms with Crippen LogP contribution in [0.1, 0.15) is 33.4 Å². The lowest BCUT2D eigenvalue weighted by Crippen LogP contribution is -2.33. The van der Waals surface area contributed by atoms with Gasteiger partial charge in [-0.25, -0.2) is 9.59 Å². The van der Waals surface area contributed by atoms with E-state index in [1.165, 1.54) is 10.8 Å². The molecule has 0 aliphatic carbocycles. The van der Waals surface area contributed by atoms with Crippen molar-refractivity contribution in [3.63, 3.8) is 0 Å². The molecule has 0 aromatic carbocycles. The van der Waals surface area contributed by atoms with Crippen LogP contribution in [0.5, 0.6) is 0 Å². The van der Waals surface area contributed by atoms with Crippen molar-refractivity contribution in [1.29, 1.82) is 0 Å². The van der Waals surface area contributed by atoms with E-state index in [-0.39, 0.29) is 6.54 Å². The largest absolute Gasteiger partial charge is 0.444 e. The summed E-state index contributed by atoms with van der Waals surface area (Å²) in [6.07, 6.45) is 0.385. The van der Waals surface area contributed by atoms with Gasteiger partial charge in [-0.1, -0.05) is 11.6 Å². The van der Waals surface area contributed by atoms with Crippen LogP contribution in [0, 0.1) is 0 Å². The lowest BCUT2D eigenvalue weighted by atomic mass is 10.2. The molecule has 1 aromatic rings. The summed E-state index contributed by atoms with van der Waals surface area (Å²) in [6.45, 7) is 7.01. The highest BCUT2D eigenvalue weighted by atomic mass is 35.5. The van der Waals surface area contributed by atoms with Gasteiger partial charge in [0.05, 0.1) is 6.54 Å². The van der Waals surface area contributed by atoms with E-state index in [9.17, 15) is 9.59 Å². The van der Waals surface area contributed by atoms with E-state index in [1.807, 2.05) is 0 Å². The maximum Gasteiger partial charge on any atom is 0.419 e. The van der Waals surface area contributed by atoms with E-state index < -0.39 is 23.4 Å². The molecule has 20 heavy (non-hydrogen) atoms. The Hall–Kier alpha value is -1.69. The van der Waals surface area contributed by atoms with Gasteiger partial charge in [-0.05, 0) is 39.8 Å². The highest BCUT2D eigenvalue weighted by Crippen LogP contribution is 2.09. The summed E-state index contributed by atoms with van der Waals surface area (Å²) in [4.78, 5) is 23.3. The smallest absolute Gasteiger partial charge is 0.419 e. The summed E-state index contributed by atoms with van der Waals surface area (Å²) in [7, 11) is 0. The van der Waals surface area contributed by atoms with Gasteiger partial charge in [0.15, 0.2) is 5.56 Å². The lowest BCUT2D eigenvalue weighted by Gasteiger charge is -2.19. The summed E-state index contributed by atoms with van der Waals surface area (Å²) in [6, 6.07) is 3.36. The standard InChI is InChI=1S/C13H19ClN2O4/c1-9(14)19-12(18)16-7-5-6-10(16)8-15-11(17)20-13(2,3)4/h5-7,9H,8H2,1-4H3,(H,15,17). The van der Waals surface area contributed by atoms with Crippen LogP contribution in [0.4, 0.5) is 9.59 Å². The molecule has 0 radical (unpaired) electrons. The van der Waals surface area contributed by atoms with E-state index in [0.717, 1.165) is 0 Å². The first-order valence-electron chi connectivity index (χ1n) is 6.17. The zero-order valence-electron chi connectivity index (χ0n) is 12.0.